The molecule has 1 amide bonds. The number of halogens is 1. The Morgan fingerprint density at radius 3 is 2.25 bits per heavy atom. The van der Waals surface area contributed by atoms with Crippen LogP contribution in [0.2, 0.25) is 0 Å². The molecule has 1 fully saturated rings. The predicted octanol–water partition coefficient (Wildman–Crippen LogP) is 3.56. The van der Waals surface area contributed by atoms with E-state index in [2.05, 4.69) is 4.98 Å². The molecular weight excluding hydrogens is 469 g/mol. The van der Waals surface area contributed by atoms with Crippen LogP contribution in [0.15, 0.2) is 60.7 Å². The fourth-order valence-corrected chi connectivity index (χ4v) is 4.32. The first-order valence-electron chi connectivity index (χ1n) is 11.2. The summed E-state index contributed by atoms with van der Waals surface area (Å²) in [5.74, 6) is -1.47. The highest BCUT2D eigenvalue weighted by Crippen LogP contribution is 2.45. The van der Waals surface area contributed by atoms with Crippen LogP contribution < -0.4 is 14.2 Å². The van der Waals surface area contributed by atoms with Gasteiger partial charge in [-0.3, -0.25) is 9.59 Å². The van der Waals surface area contributed by atoms with E-state index in [-0.39, 0.29) is 17.7 Å². The molecule has 1 atom stereocenters. The summed E-state index contributed by atoms with van der Waals surface area (Å²) in [7, 11) is 4.39. The highest BCUT2D eigenvalue weighted by Gasteiger charge is 2.46. The number of aromatic nitrogens is 2. The maximum atomic E-state index is 13.5. The Labute approximate surface area is 207 Å². The summed E-state index contributed by atoms with van der Waals surface area (Å²) >= 11 is 0. The number of imidazole rings is 1. The molecule has 2 heterocycles. The number of aliphatic hydroxyl groups is 1. The Hall–Kier alpha value is -4.34. The molecule has 2 aromatic carbocycles. The number of amides is 1. The third-order valence-electron chi connectivity index (χ3n) is 6.03. The smallest absolute Gasteiger partial charge is 0.295 e. The monoisotopic (exact) mass is 495 g/mol. The zero-order valence-corrected chi connectivity index (χ0v) is 20.1. The van der Waals surface area contributed by atoms with E-state index in [1.807, 2.05) is 4.57 Å². The van der Waals surface area contributed by atoms with Crippen LogP contribution in [-0.4, -0.2) is 59.1 Å². The van der Waals surface area contributed by atoms with Crippen molar-refractivity contribution in [2.24, 2.45) is 0 Å². The second-order valence-corrected chi connectivity index (χ2v) is 8.11. The first-order valence-corrected chi connectivity index (χ1v) is 11.2. The van der Waals surface area contributed by atoms with Crippen LogP contribution in [0.3, 0.4) is 0 Å². The molecule has 1 N–H and O–H groups in total. The molecule has 0 saturated carbocycles. The van der Waals surface area contributed by atoms with E-state index < -0.39 is 29.3 Å². The number of aryl methyl sites for hydroxylation is 1. The summed E-state index contributed by atoms with van der Waals surface area (Å²) in [6.07, 6.45) is 5.66. The first kappa shape index (κ1) is 24.8. The zero-order chi connectivity index (χ0) is 25.8. The average Bonchev–Trinajstić information content (AvgIpc) is 3.50. The van der Waals surface area contributed by atoms with Crippen molar-refractivity contribution >= 4 is 17.4 Å². The van der Waals surface area contributed by atoms with Crippen molar-refractivity contribution in [3.8, 4) is 17.2 Å². The van der Waals surface area contributed by atoms with Gasteiger partial charge in [0, 0.05) is 31.0 Å². The third kappa shape index (κ3) is 4.61. The second kappa shape index (κ2) is 10.5. The molecule has 0 spiro atoms. The number of hydrogen-bond acceptors (Lipinski definition) is 7. The predicted molar refractivity (Wildman–Crippen MR) is 128 cm³/mol. The van der Waals surface area contributed by atoms with E-state index in [4.69, 9.17) is 14.2 Å². The minimum atomic E-state index is -0.938. The maximum Gasteiger partial charge on any atom is 0.295 e. The molecule has 1 aromatic heterocycles. The molecule has 10 heteroatoms. The third-order valence-corrected chi connectivity index (χ3v) is 6.03. The minimum Gasteiger partial charge on any atom is -0.507 e. The summed E-state index contributed by atoms with van der Waals surface area (Å²) in [6.45, 7) is 0.799. The zero-order valence-electron chi connectivity index (χ0n) is 20.1. The number of aliphatic hydroxyl groups excluding tert-OH is 1. The highest BCUT2D eigenvalue weighted by molar-refractivity contribution is 6.46. The number of likely N-dealkylation sites (tertiary alicyclic amines) is 1. The Morgan fingerprint density at radius 1 is 1.03 bits per heavy atom. The van der Waals surface area contributed by atoms with Gasteiger partial charge in [0.2, 0.25) is 5.75 Å². The number of carbonyl (C=O) groups is 2. The molecule has 1 saturated heterocycles. The number of ketones is 1. The quantitative estimate of drug-likeness (QED) is 0.275. The first-order chi connectivity index (χ1) is 17.4. The van der Waals surface area contributed by atoms with Gasteiger partial charge in [0.15, 0.2) is 11.5 Å². The molecule has 188 valence electrons. The number of nitrogens with zero attached hydrogens (tertiary/aromatic N) is 3. The van der Waals surface area contributed by atoms with E-state index in [0.717, 1.165) is 0 Å². The number of hydrogen-bond donors (Lipinski definition) is 1. The summed E-state index contributed by atoms with van der Waals surface area (Å²) in [4.78, 5) is 31.8. The fraction of sp³-hybridized carbons (Fsp3) is 0.269. The van der Waals surface area contributed by atoms with Gasteiger partial charge in [0.05, 0.1) is 39.3 Å². The van der Waals surface area contributed by atoms with E-state index in [0.29, 0.717) is 35.8 Å². The van der Waals surface area contributed by atoms with Crippen LogP contribution in [0.4, 0.5) is 4.39 Å². The van der Waals surface area contributed by atoms with Gasteiger partial charge in [-0.15, -0.1) is 0 Å². The van der Waals surface area contributed by atoms with Crippen LogP contribution in [-0.2, 0) is 16.1 Å². The maximum absolute atomic E-state index is 13.5. The molecular formula is C26H26FN3O6. The SMILES string of the molecule is COc1cc(C2C(=C(O)c3ccc(F)cc3)C(=O)C(=O)N2CCCn2ccnc2)cc(OC)c1OC. The minimum absolute atomic E-state index is 0.108. The van der Waals surface area contributed by atoms with Crippen LogP contribution in [0.5, 0.6) is 17.2 Å². The molecule has 36 heavy (non-hydrogen) atoms. The van der Waals surface area contributed by atoms with E-state index in [1.54, 1.807) is 30.9 Å². The summed E-state index contributed by atoms with van der Waals surface area (Å²) in [5.41, 5.74) is 0.587. The van der Waals surface area contributed by atoms with Crippen molar-refractivity contribution in [2.45, 2.75) is 19.0 Å². The largest absolute Gasteiger partial charge is 0.507 e. The molecule has 3 aromatic rings. The van der Waals surface area contributed by atoms with Gasteiger partial charge in [0.1, 0.15) is 11.6 Å². The molecule has 1 aliphatic heterocycles. The fourth-order valence-electron chi connectivity index (χ4n) is 4.32. The van der Waals surface area contributed by atoms with Crippen LogP contribution in [0, 0.1) is 5.82 Å². The Balaban J connectivity index is 1.83. The number of methoxy groups -OCH3 is 3. The summed E-state index contributed by atoms with van der Waals surface area (Å²) in [5, 5.41) is 11.1. The standard InChI is InChI=1S/C26H26FN3O6/c1-34-19-13-17(14-20(35-2)25(19)36-3)22-21(23(31)16-5-7-18(27)8-6-16)24(32)26(33)30(22)11-4-10-29-12-9-28-15-29/h5-9,12-15,22,31H,4,10-11H2,1-3H3. The van der Waals surface area contributed by atoms with Crippen LogP contribution in [0.25, 0.3) is 5.76 Å². The Bertz CT molecular complexity index is 1260. The lowest BCUT2D eigenvalue weighted by Crippen LogP contribution is -2.31. The van der Waals surface area contributed by atoms with Crippen LogP contribution >= 0.6 is 0 Å². The van der Waals surface area contributed by atoms with E-state index in [9.17, 15) is 19.1 Å². The molecule has 4 rings (SSSR count). The summed E-state index contributed by atoms with van der Waals surface area (Å²) in [6, 6.07) is 7.38. The van der Waals surface area contributed by atoms with Gasteiger partial charge in [0.25, 0.3) is 11.7 Å². The van der Waals surface area contributed by atoms with Crippen molar-refractivity contribution in [1.82, 2.24) is 14.5 Å². The Morgan fingerprint density at radius 2 is 1.69 bits per heavy atom. The van der Waals surface area contributed by atoms with Crippen molar-refractivity contribution in [1.29, 1.82) is 0 Å². The Kier molecular flexibility index (Phi) is 7.23. The van der Waals surface area contributed by atoms with Crippen molar-refractivity contribution in [3.05, 3.63) is 77.6 Å². The molecule has 0 radical (unpaired) electrons. The lowest BCUT2D eigenvalue weighted by molar-refractivity contribution is -0.139. The molecule has 1 unspecified atom stereocenters. The average molecular weight is 496 g/mol. The second-order valence-electron chi connectivity index (χ2n) is 8.11. The number of carbonyl (C=O) groups excluding carboxylic acids is 2. The molecule has 0 aliphatic carbocycles. The number of rotatable bonds is 9. The number of Topliss-reactive ketones (excluding diaryl/α,β-unsaturated/α-hetero) is 1. The highest BCUT2D eigenvalue weighted by atomic mass is 19.1. The normalized spacial score (nSPS) is 16.9. The number of benzene rings is 2. The molecule has 1 aliphatic rings. The van der Waals surface area contributed by atoms with Gasteiger partial charge < -0.3 is 28.8 Å². The van der Waals surface area contributed by atoms with Crippen molar-refractivity contribution in [2.75, 3.05) is 27.9 Å². The van der Waals surface area contributed by atoms with Gasteiger partial charge >= 0.3 is 0 Å². The lowest BCUT2D eigenvalue weighted by atomic mass is 9.94. The summed E-state index contributed by atoms with van der Waals surface area (Å²) < 4.78 is 31.7. The number of ether oxygens (including phenoxy) is 3. The van der Waals surface area contributed by atoms with Gasteiger partial charge in [-0.2, -0.15) is 0 Å². The lowest BCUT2D eigenvalue weighted by Gasteiger charge is -2.26. The van der Waals surface area contributed by atoms with E-state index in [1.165, 1.54) is 50.5 Å². The topological polar surface area (TPSA) is 103 Å². The van der Waals surface area contributed by atoms with Gasteiger partial charge in [-0.25, -0.2) is 9.37 Å². The van der Waals surface area contributed by atoms with E-state index >= 15 is 0 Å². The molecule has 9 nitrogen and oxygen atoms in total. The van der Waals surface area contributed by atoms with Crippen LogP contribution in [0.1, 0.15) is 23.6 Å². The van der Waals surface area contributed by atoms with Gasteiger partial charge in [-0.1, -0.05) is 0 Å². The van der Waals surface area contributed by atoms with Gasteiger partial charge in [-0.05, 0) is 48.4 Å². The molecule has 0 bridgehead atoms. The van der Waals surface area contributed by atoms with Crippen molar-refractivity contribution in [3.63, 3.8) is 0 Å². The van der Waals surface area contributed by atoms with Crippen molar-refractivity contribution < 1.29 is 33.3 Å².